The van der Waals surface area contributed by atoms with Crippen molar-refractivity contribution in [3.63, 3.8) is 0 Å². The van der Waals surface area contributed by atoms with E-state index in [0.29, 0.717) is 17.2 Å². The van der Waals surface area contributed by atoms with Gasteiger partial charge < -0.3 is 5.32 Å². The molecule has 6 nitrogen and oxygen atoms in total. The van der Waals surface area contributed by atoms with Crippen molar-refractivity contribution in [3.05, 3.63) is 59.7 Å². The number of nitrogens with zero attached hydrogens (tertiary/aromatic N) is 1. The molecule has 2 atom stereocenters. The lowest BCUT2D eigenvalue weighted by Crippen LogP contribution is -2.34. The summed E-state index contributed by atoms with van der Waals surface area (Å²) in [6, 6.07) is 13.7. The van der Waals surface area contributed by atoms with E-state index in [1.807, 2.05) is 38.1 Å². The van der Waals surface area contributed by atoms with Gasteiger partial charge >= 0.3 is 0 Å². The van der Waals surface area contributed by atoms with Crippen LogP contribution in [-0.4, -0.2) is 26.2 Å². The summed E-state index contributed by atoms with van der Waals surface area (Å²) in [6.45, 7) is 8.11. The number of carbonyl (C=O) groups excluding carboxylic acids is 1. The molecule has 0 saturated carbocycles. The molecule has 1 heterocycles. The standard InChI is InChI=1S/C22H27N3O3S/c1-5-15(4)20(22(26)23-17-10-8-9-16(13-17)14(2)3)24-21-18-11-6-7-12-19(18)29(27,28)25-21/h6-15,20H,5H2,1-4H3,(H,23,26)(H,24,25). The molecule has 0 fully saturated rings. The van der Waals surface area contributed by atoms with Gasteiger partial charge in [-0.15, -0.1) is 0 Å². The molecular formula is C22H27N3O3S. The summed E-state index contributed by atoms with van der Waals surface area (Å²) in [5.41, 5.74) is 2.34. The van der Waals surface area contributed by atoms with Gasteiger partial charge in [0, 0.05) is 11.3 Å². The fourth-order valence-corrected chi connectivity index (χ4v) is 4.47. The van der Waals surface area contributed by atoms with Crippen molar-refractivity contribution in [1.29, 1.82) is 0 Å². The molecule has 0 saturated heterocycles. The number of fused-ring (bicyclic) bond motifs is 1. The van der Waals surface area contributed by atoms with Crippen molar-refractivity contribution < 1.29 is 13.2 Å². The highest BCUT2D eigenvalue weighted by Crippen LogP contribution is 2.25. The van der Waals surface area contributed by atoms with E-state index in [1.165, 1.54) is 6.07 Å². The van der Waals surface area contributed by atoms with E-state index < -0.39 is 16.1 Å². The van der Waals surface area contributed by atoms with Gasteiger partial charge in [-0.3, -0.25) is 14.5 Å². The summed E-state index contributed by atoms with van der Waals surface area (Å²) in [6.07, 6.45) is 0.731. The normalized spacial score (nSPS) is 18.2. The molecule has 1 aliphatic heterocycles. The number of rotatable bonds is 6. The third-order valence-corrected chi connectivity index (χ3v) is 6.60. The highest BCUT2D eigenvalue weighted by atomic mass is 32.2. The average molecular weight is 414 g/mol. The maximum Gasteiger partial charge on any atom is 0.263 e. The van der Waals surface area contributed by atoms with Gasteiger partial charge in [-0.2, -0.15) is 0 Å². The van der Waals surface area contributed by atoms with Crippen LogP contribution in [-0.2, 0) is 14.8 Å². The molecule has 0 spiro atoms. The van der Waals surface area contributed by atoms with E-state index in [4.69, 9.17) is 0 Å². The van der Waals surface area contributed by atoms with Gasteiger partial charge in [-0.1, -0.05) is 58.4 Å². The van der Waals surface area contributed by atoms with E-state index in [1.54, 1.807) is 18.2 Å². The second-order valence-electron chi connectivity index (χ2n) is 7.68. The lowest BCUT2D eigenvalue weighted by atomic mass is 9.98. The molecule has 0 aliphatic carbocycles. The topological polar surface area (TPSA) is 87.6 Å². The Labute approximate surface area is 172 Å². The van der Waals surface area contributed by atoms with Crippen molar-refractivity contribution >= 4 is 27.5 Å². The average Bonchev–Trinajstić information content (AvgIpc) is 2.96. The number of hydrogen-bond donors (Lipinski definition) is 2. The van der Waals surface area contributed by atoms with Crippen molar-refractivity contribution in [2.24, 2.45) is 10.9 Å². The third kappa shape index (κ3) is 4.50. The first kappa shape index (κ1) is 21.0. The predicted molar refractivity (Wildman–Crippen MR) is 116 cm³/mol. The molecule has 2 aromatic carbocycles. The van der Waals surface area contributed by atoms with Crippen LogP contribution in [0.15, 0.2) is 58.4 Å². The largest absolute Gasteiger partial charge is 0.324 e. The van der Waals surface area contributed by atoms with Crippen LogP contribution in [0, 0.1) is 5.92 Å². The summed E-state index contributed by atoms with van der Waals surface area (Å²) in [4.78, 5) is 17.8. The quantitative estimate of drug-likeness (QED) is 0.753. The highest BCUT2D eigenvalue weighted by molar-refractivity contribution is 7.90. The number of anilines is 1. The first-order chi connectivity index (χ1) is 13.7. The zero-order valence-electron chi connectivity index (χ0n) is 17.1. The van der Waals surface area contributed by atoms with Crippen molar-refractivity contribution in [2.75, 3.05) is 5.32 Å². The minimum Gasteiger partial charge on any atom is -0.324 e. The van der Waals surface area contributed by atoms with E-state index in [0.717, 1.165) is 12.0 Å². The molecule has 1 aliphatic rings. The minimum absolute atomic E-state index is 0.0620. The number of carbonyl (C=O) groups is 1. The van der Waals surface area contributed by atoms with Crippen LogP contribution < -0.4 is 10.0 Å². The SMILES string of the molecule is CCC(C)C(N=C1NS(=O)(=O)c2ccccc21)C(=O)Nc1cccc(C(C)C)c1. The highest BCUT2D eigenvalue weighted by Gasteiger charge is 2.33. The maximum absolute atomic E-state index is 13.1. The number of amidine groups is 1. The van der Waals surface area contributed by atoms with Gasteiger partial charge in [-0.05, 0) is 41.7 Å². The van der Waals surface area contributed by atoms with Crippen LogP contribution in [0.3, 0.4) is 0 Å². The van der Waals surface area contributed by atoms with Gasteiger partial charge in [0.2, 0.25) is 5.91 Å². The van der Waals surface area contributed by atoms with Crippen LogP contribution in [0.25, 0.3) is 0 Å². The second kappa shape index (κ2) is 8.37. The van der Waals surface area contributed by atoms with Gasteiger partial charge in [0.1, 0.15) is 11.9 Å². The Morgan fingerprint density at radius 3 is 2.52 bits per heavy atom. The summed E-state index contributed by atoms with van der Waals surface area (Å²) < 4.78 is 27.2. The Hall–Kier alpha value is -2.67. The summed E-state index contributed by atoms with van der Waals surface area (Å²) in [5, 5.41) is 2.95. The summed E-state index contributed by atoms with van der Waals surface area (Å²) >= 11 is 0. The van der Waals surface area contributed by atoms with Gasteiger partial charge in [0.25, 0.3) is 10.0 Å². The number of hydrogen-bond acceptors (Lipinski definition) is 4. The Balaban J connectivity index is 1.92. The number of sulfonamides is 1. The molecule has 3 rings (SSSR count). The first-order valence-electron chi connectivity index (χ1n) is 9.83. The monoisotopic (exact) mass is 413 g/mol. The summed E-state index contributed by atoms with van der Waals surface area (Å²) in [7, 11) is -3.65. The Morgan fingerprint density at radius 1 is 1.10 bits per heavy atom. The van der Waals surface area contributed by atoms with Gasteiger partial charge in [-0.25, -0.2) is 8.42 Å². The van der Waals surface area contributed by atoms with Crippen LogP contribution >= 0.6 is 0 Å². The number of benzene rings is 2. The molecule has 1 amide bonds. The second-order valence-corrected chi connectivity index (χ2v) is 9.33. The van der Waals surface area contributed by atoms with Crippen molar-refractivity contribution in [3.8, 4) is 0 Å². The Kier molecular flexibility index (Phi) is 6.07. The van der Waals surface area contributed by atoms with Crippen molar-refractivity contribution in [2.45, 2.75) is 51.0 Å². The zero-order valence-corrected chi connectivity index (χ0v) is 18.0. The molecule has 154 valence electrons. The lowest BCUT2D eigenvalue weighted by molar-refractivity contribution is -0.118. The third-order valence-electron chi connectivity index (χ3n) is 5.20. The van der Waals surface area contributed by atoms with E-state index >= 15 is 0 Å². The molecule has 0 bridgehead atoms. The van der Waals surface area contributed by atoms with Crippen LogP contribution in [0.5, 0.6) is 0 Å². The Morgan fingerprint density at radius 2 is 1.83 bits per heavy atom. The summed E-state index contributed by atoms with van der Waals surface area (Å²) in [5.74, 6) is 0.253. The van der Waals surface area contributed by atoms with Gasteiger partial charge in [0.05, 0.1) is 4.90 Å². The molecule has 2 N–H and O–H groups in total. The molecular weight excluding hydrogens is 386 g/mol. The van der Waals surface area contributed by atoms with Crippen LogP contribution in [0.1, 0.15) is 51.2 Å². The molecule has 7 heteroatoms. The van der Waals surface area contributed by atoms with E-state index in [-0.39, 0.29) is 22.6 Å². The smallest absolute Gasteiger partial charge is 0.263 e. The number of nitrogens with one attached hydrogen (secondary N) is 2. The number of aliphatic imine (C=N–C) groups is 1. The fraction of sp³-hybridized carbons (Fsp3) is 0.364. The maximum atomic E-state index is 13.1. The molecule has 0 radical (unpaired) electrons. The number of amides is 1. The molecule has 29 heavy (non-hydrogen) atoms. The zero-order chi connectivity index (χ0) is 21.2. The molecule has 2 aromatic rings. The first-order valence-corrected chi connectivity index (χ1v) is 11.3. The van der Waals surface area contributed by atoms with E-state index in [9.17, 15) is 13.2 Å². The van der Waals surface area contributed by atoms with Crippen LogP contribution in [0.2, 0.25) is 0 Å². The van der Waals surface area contributed by atoms with E-state index in [2.05, 4.69) is 28.9 Å². The van der Waals surface area contributed by atoms with Crippen LogP contribution in [0.4, 0.5) is 5.69 Å². The van der Waals surface area contributed by atoms with Crippen molar-refractivity contribution in [1.82, 2.24) is 4.72 Å². The fourth-order valence-electron chi connectivity index (χ4n) is 3.23. The lowest BCUT2D eigenvalue weighted by Gasteiger charge is -2.20. The molecule has 0 aromatic heterocycles. The molecule has 2 unspecified atom stereocenters. The predicted octanol–water partition coefficient (Wildman–Crippen LogP) is 3.90. The minimum atomic E-state index is -3.65. The van der Waals surface area contributed by atoms with Gasteiger partial charge in [0.15, 0.2) is 0 Å². The Bertz CT molecular complexity index is 1040.